The first-order valence-electron chi connectivity index (χ1n) is 9.77. The van der Waals surface area contributed by atoms with Gasteiger partial charge in [0.25, 0.3) is 11.4 Å². The quantitative estimate of drug-likeness (QED) is 0.265. The summed E-state index contributed by atoms with van der Waals surface area (Å²) in [6, 6.07) is 14.8. The molecule has 0 saturated heterocycles. The Morgan fingerprint density at radius 1 is 0.688 bits per heavy atom. The van der Waals surface area contributed by atoms with Crippen molar-refractivity contribution in [2.45, 2.75) is 27.7 Å². The highest BCUT2D eigenvalue weighted by atomic mass is 16.6. The molecule has 4 rings (SSSR count). The van der Waals surface area contributed by atoms with Crippen molar-refractivity contribution >= 4 is 11.4 Å². The summed E-state index contributed by atoms with van der Waals surface area (Å²) in [6.45, 7) is 7.13. The van der Waals surface area contributed by atoms with E-state index in [4.69, 9.17) is 9.05 Å². The van der Waals surface area contributed by atoms with Crippen molar-refractivity contribution < 1.29 is 28.6 Å². The summed E-state index contributed by atoms with van der Waals surface area (Å²) in [5, 5.41) is 40.4. The second-order valence-electron chi connectivity index (χ2n) is 7.28. The van der Waals surface area contributed by atoms with Gasteiger partial charge in [0.1, 0.15) is 11.4 Å². The van der Waals surface area contributed by atoms with Crippen molar-refractivity contribution in [2.75, 3.05) is 0 Å². The lowest BCUT2D eigenvalue weighted by atomic mass is 10.2. The number of hydrogen-bond acceptors (Lipinski definition) is 8. The molecule has 0 aliphatic rings. The third-order valence-electron chi connectivity index (χ3n) is 4.81. The lowest BCUT2D eigenvalue weighted by molar-refractivity contribution is -0.671. The molecule has 32 heavy (non-hydrogen) atoms. The molecule has 2 aromatic heterocycles. The monoisotopic (exact) mass is 432 g/mol. The Labute approximate surface area is 183 Å². The van der Waals surface area contributed by atoms with Crippen LogP contribution in [-0.2, 0) is 0 Å². The van der Waals surface area contributed by atoms with Crippen molar-refractivity contribution in [1.29, 1.82) is 0 Å². The number of hydrogen-bond donors (Lipinski definition) is 0. The standard InChI is InChI=1S/C22H20N6O4/c1-13-5-9-17(10-6-13)27-19(21(29)31-25-27)15(3)23-24-16(4)20-22(30)32-26-28(20)18-11-7-14(2)8-12-18/h5-12H,1-4H3. The molecule has 0 amide bonds. The van der Waals surface area contributed by atoms with E-state index in [9.17, 15) is 10.2 Å². The molecule has 0 aliphatic carbocycles. The van der Waals surface area contributed by atoms with Gasteiger partial charge in [-0.2, -0.15) is 0 Å². The molecule has 0 spiro atoms. The molecule has 0 unspecified atom stereocenters. The van der Waals surface area contributed by atoms with Gasteiger partial charge in [-0.3, -0.25) is 0 Å². The highest BCUT2D eigenvalue weighted by Crippen LogP contribution is 2.15. The maximum atomic E-state index is 12.3. The summed E-state index contributed by atoms with van der Waals surface area (Å²) in [7, 11) is 0. The highest BCUT2D eigenvalue weighted by molar-refractivity contribution is 6.00. The van der Waals surface area contributed by atoms with Gasteiger partial charge < -0.3 is 19.3 Å². The van der Waals surface area contributed by atoms with E-state index in [1.165, 1.54) is 9.36 Å². The number of aromatic nitrogens is 4. The van der Waals surface area contributed by atoms with E-state index >= 15 is 0 Å². The zero-order chi connectivity index (χ0) is 22.8. The van der Waals surface area contributed by atoms with Crippen LogP contribution in [0.2, 0.25) is 0 Å². The molecule has 0 bridgehead atoms. The van der Waals surface area contributed by atoms with Crippen LogP contribution >= 0.6 is 0 Å². The summed E-state index contributed by atoms with van der Waals surface area (Å²) in [5.41, 5.74) is 4.21. The number of benzene rings is 2. The smallest absolute Gasteiger partial charge is 0.286 e. The van der Waals surface area contributed by atoms with Gasteiger partial charge in [0.15, 0.2) is 11.9 Å². The second-order valence-corrected chi connectivity index (χ2v) is 7.28. The highest BCUT2D eigenvalue weighted by Gasteiger charge is 2.25. The van der Waals surface area contributed by atoms with E-state index in [0.717, 1.165) is 11.1 Å². The molecular weight excluding hydrogens is 412 g/mol. The Bertz CT molecular complexity index is 1210. The zero-order valence-electron chi connectivity index (χ0n) is 17.9. The molecule has 0 N–H and O–H groups in total. The Morgan fingerprint density at radius 2 is 1.03 bits per heavy atom. The minimum Gasteiger partial charge on any atom is -0.539 e. The van der Waals surface area contributed by atoms with E-state index in [1.807, 2.05) is 62.4 Å². The van der Waals surface area contributed by atoms with Crippen LogP contribution in [0.25, 0.3) is 11.4 Å². The number of nitrogens with zero attached hydrogens (tertiary/aromatic N) is 6. The number of aryl methyl sites for hydroxylation is 2. The average molecular weight is 432 g/mol. The molecule has 10 heteroatoms. The van der Waals surface area contributed by atoms with Gasteiger partial charge in [-0.05, 0) is 37.1 Å². The molecule has 0 aliphatic heterocycles. The summed E-state index contributed by atoms with van der Waals surface area (Å²) in [6.07, 6.45) is 0. The molecule has 162 valence electrons. The van der Waals surface area contributed by atoms with Gasteiger partial charge in [0.05, 0.1) is 10.5 Å². The fourth-order valence-corrected chi connectivity index (χ4v) is 3.07. The van der Waals surface area contributed by atoms with Crippen molar-refractivity contribution in [3.8, 4) is 23.3 Å². The number of rotatable bonds is 5. The SMILES string of the molecule is C/C(=N\N=C(/C)c1c([O-])on[n+]1-c1ccc(C)cc1)c1c([O-])on[n+]1-c1ccc(C)cc1. The van der Waals surface area contributed by atoms with Crippen LogP contribution in [0.4, 0.5) is 0 Å². The van der Waals surface area contributed by atoms with Crippen molar-refractivity contribution in [2.24, 2.45) is 10.2 Å². The molecular formula is C22H20N6O4. The van der Waals surface area contributed by atoms with Crippen LogP contribution in [0.3, 0.4) is 0 Å². The molecule has 0 saturated carbocycles. The zero-order valence-corrected chi connectivity index (χ0v) is 17.9. The van der Waals surface area contributed by atoms with Crippen molar-refractivity contribution in [3.05, 3.63) is 71.0 Å². The Morgan fingerprint density at radius 3 is 1.38 bits per heavy atom. The summed E-state index contributed by atoms with van der Waals surface area (Å²) in [4.78, 5) is 0. The van der Waals surface area contributed by atoms with Gasteiger partial charge >= 0.3 is 0 Å². The van der Waals surface area contributed by atoms with Crippen LogP contribution in [-0.4, -0.2) is 22.0 Å². The van der Waals surface area contributed by atoms with Gasteiger partial charge in [0.2, 0.25) is 11.4 Å². The Hall–Kier alpha value is -4.34. The topological polar surface area (TPSA) is 131 Å². The van der Waals surface area contributed by atoms with Crippen molar-refractivity contribution in [3.63, 3.8) is 0 Å². The van der Waals surface area contributed by atoms with Gasteiger partial charge in [0, 0.05) is 24.3 Å². The minimum absolute atomic E-state index is 0.129. The van der Waals surface area contributed by atoms with Crippen molar-refractivity contribution in [1.82, 2.24) is 10.5 Å². The summed E-state index contributed by atoms with van der Waals surface area (Å²) in [5.74, 6) is -1.30. The van der Waals surface area contributed by atoms with E-state index < -0.39 is 11.9 Å². The van der Waals surface area contributed by atoms with Crippen LogP contribution in [0.5, 0.6) is 11.9 Å². The van der Waals surface area contributed by atoms with E-state index in [0.29, 0.717) is 11.4 Å². The first kappa shape index (κ1) is 20.9. The summed E-state index contributed by atoms with van der Waals surface area (Å²) < 4.78 is 12.4. The fourth-order valence-electron chi connectivity index (χ4n) is 3.07. The third-order valence-corrected chi connectivity index (χ3v) is 4.81. The van der Waals surface area contributed by atoms with Crippen LogP contribution in [0, 0.1) is 13.8 Å². The van der Waals surface area contributed by atoms with Crippen LogP contribution < -0.4 is 19.6 Å². The molecule has 10 nitrogen and oxygen atoms in total. The Balaban J connectivity index is 1.70. The van der Waals surface area contributed by atoms with Gasteiger partial charge in [-0.15, -0.1) is 10.2 Å². The largest absolute Gasteiger partial charge is 0.539 e. The summed E-state index contributed by atoms with van der Waals surface area (Å²) >= 11 is 0. The minimum atomic E-state index is -0.649. The fraction of sp³-hybridized carbons (Fsp3) is 0.182. The predicted octanol–water partition coefficient (Wildman–Crippen LogP) is 1.21. The van der Waals surface area contributed by atoms with Crippen LogP contribution in [0.15, 0.2) is 67.8 Å². The third kappa shape index (κ3) is 3.97. The Kier molecular flexibility index (Phi) is 5.50. The molecule has 0 fully saturated rings. The molecule has 2 aromatic carbocycles. The van der Waals surface area contributed by atoms with Gasteiger partial charge in [-0.1, -0.05) is 35.4 Å². The van der Waals surface area contributed by atoms with E-state index in [2.05, 4.69) is 20.7 Å². The van der Waals surface area contributed by atoms with Gasteiger partial charge in [-0.25, -0.2) is 0 Å². The first-order chi connectivity index (χ1) is 15.3. The molecule has 4 aromatic rings. The van der Waals surface area contributed by atoms with E-state index in [-0.39, 0.29) is 22.8 Å². The molecule has 0 atom stereocenters. The normalized spacial score (nSPS) is 12.4. The maximum Gasteiger partial charge on any atom is 0.286 e. The second kappa shape index (κ2) is 8.42. The van der Waals surface area contributed by atoms with E-state index in [1.54, 1.807) is 13.8 Å². The van der Waals surface area contributed by atoms with Crippen LogP contribution in [0.1, 0.15) is 36.4 Å². The lowest BCUT2D eigenvalue weighted by Crippen LogP contribution is -2.39. The maximum absolute atomic E-state index is 12.3. The average Bonchev–Trinajstić information content (AvgIpc) is 3.35. The first-order valence-corrected chi connectivity index (χ1v) is 9.77. The lowest BCUT2D eigenvalue weighted by Gasteiger charge is -1.99. The molecule has 2 heterocycles. The predicted molar refractivity (Wildman–Crippen MR) is 109 cm³/mol. The molecule has 0 radical (unpaired) electrons.